The average molecular weight is 559 g/mol. The molecular formula is C28H26Cl3NO4. The molecule has 0 saturated carbocycles. The monoisotopic (exact) mass is 557 g/mol. The number of halogens is 3. The zero-order valence-electron chi connectivity index (χ0n) is 30.3. The number of rotatable bonds is 8. The van der Waals surface area contributed by atoms with E-state index >= 15 is 0 Å². The third-order valence-electron chi connectivity index (χ3n) is 5.08. The Hall–Kier alpha value is -2.57. The molecule has 0 fully saturated rings. The number of aromatic nitrogens is 1. The molecule has 0 spiro atoms. The topological polar surface area (TPSA) is 72.6 Å². The molecule has 5 nitrogen and oxygen atoms in total. The Morgan fingerprint density at radius 1 is 1.33 bits per heavy atom. The Morgan fingerprint density at radius 3 is 2.81 bits per heavy atom. The van der Waals surface area contributed by atoms with E-state index in [0.29, 0.717) is 0 Å². The van der Waals surface area contributed by atoms with Gasteiger partial charge in [0, 0.05) is 42.0 Å². The van der Waals surface area contributed by atoms with Crippen molar-refractivity contribution >= 4 is 46.8 Å². The van der Waals surface area contributed by atoms with Crippen molar-refractivity contribution in [1.29, 1.82) is 0 Å². The minimum absolute atomic E-state index is 0.0376. The van der Waals surface area contributed by atoms with Crippen LogP contribution in [0, 0.1) is 5.89 Å². The third kappa shape index (κ3) is 6.04. The van der Waals surface area contributed by atoms with E-state index in [1.165, 1.54) is 36.4 Å². The zero-order chi connectivity index (χ0) is 36.2. The SMILES string of the molecule is [2H]/C(=C(/[2H])C1([2H])C=CC(OCc2c(-c3c(Cl)cccc3Cl)noc2C(C([2H])([2H])[2H])C([2H])([2H])[2H])C([2H])([2H])C1([2H])Cl)c1cccc(C(=O)O)c1. The lowest BCUT2D eigenvalue weighted by Crippen LogP contribution is -2.25. The van der Waals surface area contributed by atoms with Gasteiger partial charge in [-0.1, -0.05) is 84.5 Å². The molecule has 4 rings (SSSR count). The first-order chi connectivity index (χ1) is 22.0. The van der Waals surface area contributed by atoms with E-state index in [1.807, 2.05) is 0 Å². The van der Waals surface area contributed by atoms with E-state index in [1.54, 1.807) is 0 Å². The Kier molecular flexibility index (Phi) is 4.85. The van der Waals surface area contributed by atoms with Crippen LogP contribution in [0.4, 0.5) is 0 Å². The van der Waals surface area contributed by atoms with E-state index in [2.05, 4.69) is 5.16 Å². The summed E-state index contributed by atoms with van der Waals surface area (Å²) in [5.41, 5.74) is -0.680. The first-order valence-electron chi connectivity index (χ1n) is 16.4. The molecule has 0 saturated heterocycles. The smallest absolute Gasteiger partial charge is 0.335 e. The lowest BCUT2D eigenvalue weighted by Gasteiger charge is -2.26. The van der Waals surface area contributed by atoms with Gasteiger partial charge in [0.05, 0.1) is 31.1 Å². The van der Waals surface area contributed by atoms with Gasteiger partial charge in [-0.2, -0.15) is 0 Å². The van der Waals surface area contributed by atoms with Crippen LogP contribution in [0.5, 0.6) is 0 Å². The van der Waals surface area contributed by atoms with Crippen LogP contribution in [0.15, 0.2) is 65.2 Å². The van der Waals surface area contributed by atoms with Gasteiger partial charge in [0.25, 0.3) is 0 Å². The molecule has 8 heteroatoms. The van der Waals surface area contributed by atoms with Crippen molar-refractivity contribution in [3.63, 3.8) is 0 Å². The summed E-state index contributed by atoms with van der Waals surface area (Å²) in [5.74, 6) is -6.85. The van der Waals surface area contributed by atoms with Crippen LogP contribution in [0.1, 0.15) is 69.7 Å². The third-order valence-corrected chi connectivity index (χ3v) is 6.02. The summed E-state index contributed by atoms with van der Waals surface area (Å²) in [6, 6.07) is 7.77. The highest BCUT2D eigenvalue weighted by Crippen LogP contribution is 2.39. The number of aromatic carboxylic acids is 1. The van der Waals surface area contributed by atoms with Crippen molar-refractivity contribution in [3.05, 3.63) is 93.2 Å². The number of carboxylic acids is 1. The van der Waals surface area contributed by atoms with E-state index in [-0.39, 0.29) is 38.0 Å². The Labute approximate surface area is 242 Å². The highest BCUT2D eigenvalue weighted by molar-refractivity contribution is 6.39. The van der Waals surface area contributed by atoms with Gasteiger partial charge in [-0.05, 0) is 36.2 Å². The van der Waals surface area contributed by atoms with Gasteiger partial charge in [0.1, 0.15) is 11.5 Å². The van der Waals surface area contributed by atoms with Crippen LogP contribution in [-0.2, 0) is 11.3 Å². The van der Waals surface area contributed by atoms with Crippen LogP contribution >= 0.6 is 34.8 Å². The van der Waals surface area contributed by atoms with Crippen LogP contribution in [0.25, 0.3) is 17.3 Å². The molecule has 2 aromatic carbocycles. The molecule has 3 atom stereocenters. The Bertz CT molecular complexity index is 1750. The van der Waals surface area contributed by atoms with E-state index < -0.39 is 73.8 Å². The van der Waals surface area contributed by atoms with Crippen molar-refractivity contribution in [3.8, 4) is 11.3 Å². The van der Waals surface area contributed by atoms with Crippen LogP contribution in [0.2, 0.25) is 10.0 Å². The summed E-state index contributed by atoms with van der Waals surface area (Å²) in [7, 11) is 0. The molecule has 1 aromatic heterocycles. The van der Waals surface area contributed by atoms with Crippen molar-refractivity contribution in [2.75, 3.05) is 0 Å². The van der Waals surface area contributed by atoms with E-state index in [4.69, 9.17) is 60.5 Å². The highest BCUT2D eigenvalue weighted by atomic mass is 35.5. The fraction of sp³-hybridized carbons (Fsp3) is 0.286. The lowest BCUT2D eigenvalue weighted by molar-refractivity contribution is 0.0604. The number of carboxylic acid groups (broad SMARTS) is 1. The Balaban J connectivity index is 1.80. The van der Waals surface area contributed by atoms with E-state index in [0.717, 1.165) is 18.2 Å². The molecule has 1 aliphatic rings. The van der Waals surface area contributed by atoms with Crippen LogP contribution in [0.3, 0.4) is 0 Å². The summed E-state index contributed by atoms with van der Waals surface area (Å²) in [5, 5.41) is 10.2. The second kappa shape index (κ2) is 11.7. The van der Waals surface area contributed by atoms with Gasteiger partial charge in [-0.25, -0.2) is 4.79 Å². The maximum absolute atomic E-state index is 11.4. The number of allylic oxidation sites excluding steroid dienone is 2. The minimum Gasteiger partial charge on any atom is -0.478 e. The number of benzene rings is 2. The van der Waals surface area contributed by atoms with Gasteiger partial charge >= 0.3 is 5.97 Å². The van der Waals surface area contributed by atoms with Gasteiger partial charge < -0.3 is 14.4 Å². The standard InChI is InChI=1S/C28H26Cl3NO4/c1-16(2)27-21(26(32-36-27)25-22(29)7-4-8-23(25)30)15-35-20-12-11-18(24(31)14-20)10-9-17-5-3-6-19(13-17)28(33)34/h3-13,16,18,20,24H,14-15H2,1-2H3,(H,33,34)/b10-9+/i1D3,2D3,9D,10D,14D2,18D,24D. The molecule has 1 heterocycles. The van der Waals surface area contributed by atoms with Crippen molar-refractivity contribution in [2.45, 2.75) is 44.1 Å². The molecule has 0 bridgehead atoms. The summed E-state index contributed by atoms with van der Waals surface area (Å²) < 4.78 is 111. The average Bonchev–Trinajstić information content (AvgIpc) is 3.35. The number of hydrogen-bond donors (Lipinski definition) is 1. The number of alkyl halides is 1. The Morgan fingerprint density at radius 2 is 2.08 bits per heavy atom. The molecule has 188 valence electrons. The van der Waals surface area contributed by atoms with Gasteiger partial charge in [-0.15, -0.1) is 11.6 Å². The molecule has 1 N–H and O–H groups in total. The minimum atomic E-state index is -3.13. The largest absolute Gasteiger partial charge is 0.478 e. The van der Waals surface area contributed by atoms with Gasteiger partial charge in [-0.3, -0.25) is 0 Å². The molecular weight excluding hydrogens is 521 g/mol. The maximum atomic E-state index is 11.4. The number of ether oxygens (including phenoxy) is 1. The second-order valence-electron chi connectivity index (χ2n) is 7.50. The van der Waals surface area contributed by atoms with Crippen molar-refractivity contribution in [2.24, 2.45) is 5.89 Å². The number of carbonyl (C=O) groups is 1. The molecule has 36 heavy (non-hydrogen) atoms. The molecule has 0 aliphatic heterocycles. The highest BCUT2D eigenvalue weighted by Gasteiger charge is 2.27. The first kappa shape index (κ1) is 15.0. The molecule has 0 amide bonds. The van der Waals surface area contributed by atoms with Gasteiger partial charge in [0.2, 0.25) is 0 Å². The summed E-state index contributed by atoms with van der Waals surface area (Å²) in [6.45, 7) is -7.03. The number of nitrogens with zero attached hydrogens (tertiary/aromatic N) is 1. The maximum Gasteiger partial charge on any atom is 0.335 e. The zero-order valence-corrected chi connectivity index (χ0v) is 20.6. The lowest BCUT2D eigenvalue weighted by atomic mass is 9.92. The quantitative estimate of drug-likeness (QED) is 0.222. The number of hydrogen-bond acceptors (Lipinski definition) is 4. The van der Waals surface area contributed by atoms with E-state index in [9.17, 15) is 9.90 Å². The molecule has 1 aliphatic carbocycles. The molecule has 0 radical (unpaired) electrons. The normalized spacial score (nSPS) is 31.5. The first-order valence-corrected chi connectivity index (χ1v) is 11.5. The van der Waals surface area contributed by atoms with Crippen LogP contribution in [-0.4, -0.2) is 27.7 Å². The van der Waals surface area contributed by atoms with Crippen molar-refractivity contribution < 1.29 is 35.6 Å². The predicted octanol–water partition coefficient (Wildman–Crippen LogP) is 8.25. The van der Waals surface area contributed by atoms with Crippen LogP contribution < -0.4 is 0 Å². The summed E-state index contributed by atoms with van der Waals surface area (Å²) in [6.07, 6.45) is -2.88. The predicted molar refractivity (Wildman–Crippen MR) is 144 cm³/mol. The summed E-state index contributed by atoms with van der Waals surface area (Å²) >= 11 is 19.2. The summed E-state index contributed by atoms with van der Waals surface area (Å²) in [4.78, 5) is 11.4. The van der Waals surface area contributed by atoms with Gasteiger partial charge in [0.15, 0.2) is 0 Å². The fourth-order valence-electron chi connectivity index (χ4n) is 3.35. The molecule has 3 unspecified atom stereocenters. The molecule has 3 aromatic rings. The fourth-order valence-corrected chi connectivity index (χ4v) is 4.15. The van der Waals surface area contributed by atoms with Crippen molar-refractivity contribution in [1.82, 2.24) is 5.16 Å². The second-order valence-corrected chi connectivity index (χ2v) is 8.69.